The molecule has 0 unspecified atom stereocenters. The smallest absolute Gasteiger partial charge is 0.276 e. The van der Waals surface area contributed by atoms with Gasteiger partial charge in [-0.1, -0.05) is 6.07 Å². The van der Waals surface area contributed by atoms with Gasteiger partial charge in [-0.3, -0.25) is 4.79 Å². The summed E-state index contributed by atoms with van der Waals surface area (Å²) in [4.78, 5) is 15.8. The Hall–Kier alpha value is -2.30. The Kier molecular flexibility index (Phi) is 3.06. The first-order valence-corrected chi connectivity index (χ1v) is 5.67. The van der Waals surface area contributed by atoms with Crippen molar-refractivity contribution in [2.24, 2.45) is 0 Å². The van der Waals surface area contributed by atoms with Gasteiger partial charge < -0.3 is 11.2 Å². The van der Waals surface area contributed by atoms with Gasteiger partial charge in [-0.25, -0.2) is 4.98 Å². The minimum Gasteiger partial charge on any atom is -0.333 e. The van der Waals surface area contributed by atoms with Crippen LogP contribution >= 0.6 is 0 Å². The molecule has 94 valence electrons. The molecule has 0 radical (unpaired) electrons. The van der Waals surface area contributed by atoms with Crippen LogP contribution in [0.5, 0.6) is 0 Å². The molecule has 2 aromatic rings. The van der Waals surface area contributed by atoms with E-state index in [0.717, 1.165) is 15.9 Å². The molecule has 0 aliphatic heterocycles. The van der Waals surface area contributed by atoms with Gasteiger partial charge in [0.25, 0.3) is 5.56 Å². The van der Waals surface area contributed by atoms with Crippen LogP contribution in [0.3, 0.4) is 0 Å². The Balaban J connectivity index is 2.37. The summed E-state index contributed by atoms with van der Waals surface area (Å²) in [6.07, 6.45) is 1.51. The Morgan fingerprint density at radius 2 is 1.89 bits per heavy atom. The average Bonchev–Trinajstić information content (AvgIpc) is 2.34. The maximum Gasteiger partial charge on any atom is 0.276 e. The number of nitrogens with zero attached hydrogens (tertiary/aromatic N) is 2. The highest BCUT2D eigenvalue weighted by Gasteiger charge is 2.05. The van der Waals surface area contributed by atoms with E-state index in [9.17, 15) is 4.79 Å². The maximum atomic E-state index is 11.7. The SMILES string of the molecule is Cc1ccc(Nc2ncc(C)c(=O)n2N)cc1C. The number of rotatable bonds is 2. The van der Waals surface area contributed by atoms with Gasteiger partial charge in [0.05, 0.1) is 0 Å². The summed E-state index contributed by atoms with van der Waals surface area (Å²) >= 11 is 0. The van der Waals surface area contributed by atoms with E-state index in [1.165, 1.54) is 11.8 Å². The first-order chi connectivity index (χ1) is 8.49. The van der Waals surface area contributed by atoms with Crippen molar-refractivity contribution in [3.63, 3.8) is 0 Å². The number of nitrogens with one attached hydrogen (secondary N) is 1. The van der Waals surface area contributed by atoms with Gasteiger partial charge in [0.2, 0.25) is 5.95 Å². The normalized spacial score (nSPS) is 10.4. The van der Waals surface area contributed by atoms with Gasteiger partial charge in [0.1, 0.15) is 0 Å². The first kappa shape index (κ1) is 12.2. The van der Waals surface area contributed by atoms with E-state index in [2.05, 4.69) is 10.3 Å². The molecule has 0 spiro atoms. The fourth-order valence-electron chi connectivity index (χ4n) is 1.60. The summed E-state index contributed by atoms with van der Waals surface area (Å²) in [6, 6.07) is 5.92. The number of benzene rings is 1. The van der Waals surface area contributed by atoms with Crippen LogP contribution in [0, 0.1) is 20.8 Å². The lowest BCUT2D eigenvalue weighted by atomic mass is 10.1. The van der Waals surface area contributed by atoms with Gasteiger partial charge in [-0.2, -0.15) is 4.68 Å². The quantitative estimate of drug-likeness (QED) is 0.787. The Labute approximate surface area is 105 Å². The molecule has 1 heterocycles. The molecule has 0 bridgehead atoms. The number of nitrogen functional groups attached to an aromatic ring is 1. The zero-order valence-electron chi connectivity index (χ0n) is 10.7. The minimum absolute atomic E-state index is 0.253. The lowest BCUT2D eigenvalue weighted by Crippen LogP contribution is -2.31. The van der Waals surface area contributed by atoms with E-state index >= 15 is 0 Å². The molecule has 0 atom stereocenters. The molecule has 1 aromatic carbocycles. The highest BCUT2D eigenvalue weighted by molar-refractivity contribution is 5.55. The second kappa shape index (κ2) is 4.52. The largest absolute Gasteiger partial charge is 0.333 e. The van der Waals surface area contributed by atoms with E-state index in [4.69, 9.17) is 5.84 Å². The number of hydrogen-bond donors (Lipinski definition) is 2. The van der Waals surface area contributed by atoms with Crippen LogP contribution in [0.15, 0.2) is 29.2 Å². The third-order valence-corrected chi connectivity index (χ3v) is 2.93. The monoisotopic (exact) mass is 244 g/mol. The molecular weight excluding hydrogens is 228 g/mol. The van der Waals surface area contributed by atoms with Gasteiger partial charge in [-0.15, -0.1) is 0 Å². The number of aromatic nitrogens is 2. The molecule has 0 saturated heterocycles. The third kappa shape index (κ3) is 2.20. The summed E-state index contributed by atoms with van der Waals surface area (Å²) in [7, 11) is 0. The number of hydrogen-bond acceptors (Lipinski definition) is 4. The van der Waals surface area contributed by atoms with Crippen LogP contribution in [0.25, 0.3) is 0 Å². The lowest BCUT2D eigenvalue weighted by Gasteiger charge is -2.11. The number of aryl methyl sites for hydroxylation is 3. The Bertz CT molecular complexity index is 646. The van der Waals surface area contributed by atoms with E-state index < -0.39 is 0 Å². The van der Waals surface area contributed by atoms with E-state index in [1.807, 2.05) is 32.0 Å². The molecule has 0 aliphatic rings. The summed E-state index contributed by atoms with van der Waals surface area (Å²) in [5.74, 6) is 6.01. The zero-order chi connectivity index (χ0) is 13.3. The summed E-state index contributed by atoms with van der Waals surface area (Å²) < 4.78 is 1.02. The summed E-state index contributed by atoms with van der Waals surface area (Å²) in [5.41, 5.74) is 3.49. The van der Waals surface area contributed by atoms with Gasteiger partial charge in [0, 0.05) is 17.4 Å². The standard InChI is InChI=1S/C13H16N4O/c1-8-4-5-11(6-9(8)2)16-13-15-7-10(3)12(18)17(13)14/h4-7H,14H2,1-3H3,(H,15,16). The van der Waals surface area contributed by atoms with E-state index in [-0.39, 0.29) is 5.56 Å². The Morgan fingerprint density at radius 1 is 1.17 bits per heavy atom. The first-order valence-electron chi connectivity index (χ1n) is 5.67. The van der Waals surface area contributed by atoms with Crippen LogP contribution in [0.2, 0.25) is 0 Å². The molecule has 0 amide bonds. The molecule has 0 aliphatic carbocycles. The van der Waals surface area contributed by atoms with E-state index in [1.54, 1.807) is 6.92 Å². The molecule has 0 saturated carbocycles. The molecular formula is C13H16N4O. The van der Waals surface area contributed by atoms with Crippen molar-refractivity contribution in [3.05, 3.63) is 51.4 Å². The van der Waals surface area contributed by atoms with Crippen LogP contribution in [0.4, 0.5) is 11.6 Å². The molecule has 5 nitrogen and oxygen atoms in total. The van der Waals surface area contributed by atoms with Crippen LogP contribution in [-0.4, -0.2) is 9.66 Å². The van der Waals surface area contributed by atoms with Crippen molar-refractivity contribution in [2.45, 2.75) is 20.8 Å². The van der Waals surface area contributed by atoms with Crippen molar-refractivity contribution in [3.8, 4) is 0 Å². The Morgan fingerprint density at radius 3 is 2.56 bits per heavy atom. The van der Waals surface area contributed by atoms with Crippen LogP contribution in [-0.2, 0) is 0 Å². The fourth-order valence-corrected chi connectivity index (χ4v) is 1.60. The number of nitrogens with two attached hydrogens (primary N) is 1. The average molecular weight is 244 g/mol. The maximum absolute atomic E-state index is 11.7. The highest BCUT2D eigenvalue weighted by Crippen LogP contribution is 2.17. The fraction of sp³-hybridized carbons (Fsp3) is 0.231. The van der Waals surface area contributed by atoms with Crippen molar-refractivity contribution in [2.75, 3.05) is 11.2 Å². The number of anilines is 2. The minimum atomic E-state index is -0.253. The molecule has 0 fully saturated rings. The van der Waals surface area contributed by atoms with Crippen molar-refractivity contribution < 1.29 is 0 Å². The predicted molar refractivity (Wildman–Crippen MR) is 72.6 cm³/mol. The zero-order valence-corrected chi connectivity index (χ0v) is 10.7. The van der Waals surface area contributed by atoms with Crippen LogP contribution in [0.1, 0.15) is 16.7 Å². The van der Waals surface area contributed by atoms with Gasteiger partial charge in [-0.05, 0) is 44.0 Å². The highest BCUT2D eigenvalue weighted by atomic mass is 16.1. The molecule has 1 aromatic heterocycles. The predicted octanol–water partition coefficient (Wildman–Crippen LogP) is 1.63. The molecule has 3 N–H and O–H groups in total. The molecule has 5 heteroatoms. The van der Waals surface area contributed by atoms with Crippen molar-refractivity contribution in [1.82, 2.24) is 9.66 Å². The molecule has 18 heavy (non-hydrogen) atoms. The van der Waals surface area contributed by atoms with E-state index in [0.29, 0.717) is 11.5 Å². The third-order valence-electron chi connectivity index (χ3n) is 2.93. The van der Waals surface area contributed by atoms with Crippen LogP contribution < -0.4 is 16.7 Å². The second-order valence-electron chi connectivity index (χ2n) is 4.36. The summed E-state index contributed by atoms with van der Waals surface area (Å²) in [5, 5.41) is 3.04. The van der Waals surface area contributed by atoms with Crippen molar-refractivity contribution >= 4 is 11.6 Å². The van der Waals surface area contributed by atoms with Gasteiger partial charge >= 0.3 is 0 Å². The topological polar surface area (TPSA) is 72.9 Å². The molecule has 2 rings (SSSR count). The second-order valence-corrected chi connectivity index (χ2v) is 4.36. The van der Waals surface area contributed by atoms with Crippen molar-refractivity contribution in [1.29, 1.82) is 0 Å². The lowest BCUT2D eigenvalue weighted by molar-refractivity contribution is 0.886. The summed E-state index contributed by atoms with van der Waals surface area (Å²) in [6.45, 7) is 5.75. The van der Waals surface area contributed by atoms with Gasteiger partial charge in [0.15, 0.2) is 0 Å².